The summed E-state index contributed by atoms with van der Waals surface area (Å²) in [6, 6.07) is 15.2. The first-order valence-corrected chi connectivity index (χ1v) is 8.00. The van der Waals surface area contributed by atoms with Gasteiger partial charge in [-0.05, 0) is 49.5 Å². The highest BCUT2D eigenvalue weighted by molar-refractivity contribution is 5.94. The third-order valence-electron chi connectivity index (χ3n) is 3.80. The zero-order chi connectivity index (χ0) is 17.6. The van der Waals surface area contributed by atoms with Gasteiger partial charge in [0.05, 0.1) is 0 Å². The van der Waals surface area contributed by atoms with E-state index in [1.165, 1.54) is 12.0 Å². The van der Waals surface area contributed by atoms with Crippen LogP contribution < -0.4 is 5.32 Å². The zero-order valence-electron chi connectivity index (χ0n) is 14.3. The fourth-order valence-electron chi connectivity index (χ4n) is 2.57. The van der Waals surface area contributed by atoms with E-state index in [0.717, 1.165) is 17.7 Å². The Morgan fingerprint density at radius 3 is 2.44 bits per heavy atom. The molecule has 6 heteroatoms. The van der Waals surface area contributed by atoms with Crippen molar-refractivity contribution in [3.05, 3.63) is 71.6 Å². The van der Waals surface area contributed by atoms with Gasteiger partial charge in [0.2, 0.25) is 12.3 Å². The molecule has 0 atom stereocenters. The molecule has 0 aliphatic heterocycles. The van der Waals surface area contributed by atoms with Gasteiger partial charge in [-0.2, -0.15) is 0 Å². The maximum absolute atomic E-state index is 12.4. The lowest BCUT2D eigenvalue weighted by molar-refractivity contribution is 0.0951. The first-order chi connectivity index (χ1) is 12.1. The van der Waals surface area contributed by atoms with E-state index in [-0.39, 0.29) is 5.91 Å². The monoisotopic (exact) mass is 336 g/mol. The molecule has 0 aliphatic carbocycles. The van der Waals surface area contributed by atoms with Crippen LogP contribution in [0.15, 0.2) is 59.3 Å². The normalized spacial score (nSPS) is 10.8. The molecule has 2 aromatic carbocycles. The van der Waals surface area contributed by atoms with Crippen LogP contribution in [0.5, 0.6) is 0 Å². The van der Waals surface area contributed by atoms with Crippen LogP contribution in [0.3, 0.4) is 0 Å². The van der Waals surface area contributed by atoms with Gasteiger partial charge in [0, 0.05) is 24.2 Å². The van der Waals surface area contributed by atoms with E-state index in [2.05, 4.69) is 26.5 Å². The van der Waals surface area contributed by atoms with E-state index < -0.39 is 0 Å². The maximum Gasteiger partial charge on any atom is 0.251 e. The van der Waals surface area contributed by atoms with Gasteiger partial charge >= 0.3 is 0 Å². The van der Waals surface area contributed by atoms with Crippen LogP contribution in [0.1, 0.15) is 21.5 Å². The Morgan fingerprint density at radius 2 is 1.80 bits per heavy atom. The molecule has 0 saturated carbocycles. The highest BCUT2D eigenvalue weighted by Crippen LogP contribution is 2.17. The number of benzene rings is 2. The molecule has 0 spiro atoms. The van der Waals surface area contributed by atoms with Crippen LogP contribution in [0, 0.1) is 0 Å². The highest BCUT2D eigenvalue weighted by atomic mass is 16.4. The lowest BCUT2D eigenvalue weighted by atomic mass is 10.1. The third-order valence-corrected chi connectivity index (χ3v) is 3.80. The molecule has 0 bridgehead atoms. The smallest absolute Gasteiger partial charge is 0.251 e. The molecule has 0 fully saturated rings. The van der Waals surface area contributed by atoms with E-state index in [0.29, 0.717) is 18.0 Å². The second-order valence-electron chi connectivity index (χ2n) is 6.01. The summed E-state index contributed by atoms with van der Waals surface area (Å²) in [4.78, 5) is 14.5. The number of hydrogen-bond donors (Lipinski definition) is 1. The molecule has 0 saturated heterocycles. The molecular weight excluding hydrogens is 316 g/mol. The largest absolute Gasteiger partial charge is 0.423 e. The summed E-state index contributed by atoms with van der Waals surface area (Å²) in [6.07, 6.45) is 1.28. The fourth-order valence-corrected chi connectivity index (χ4v) is 2.57. The summed E-state index contributed by atoms with van der Waals surface area (Å²) < 4.78 is 5.14. The summed E-state index contributed by atoms with van der Waals surface area (Å²) in [5.74, 6) is 0.321. The number of hydrogen-bond acceptors (Lipinski definition) is 5. The summed E-state index contributed by atoms with van der Waals surface area (Å²) in [5.41, 5.74) is 3.70. The molecule has 1 amide bonds. The van der Waals surface area contributed by atoms with E-state index in [9.17, 15) is 4.79 Å². The lowest BCUT2D eigenvalue weighted by Crippen LogP contribution is -2.24. The van der Waals surface area contributed by atoms with Gasteiger partial charge in [0.15, 0.2) is 0 Å². The van der Waals surface area contributed by atoms with Gasteiger partial charge in [0.1, 0.15) is 0 Å². The van der Waals surface area contributed by atoms with Crippen molar-refractivity contribution in [3.63, 3.8) is 0 Å². The lowest BCUT2D eigenvalue weighted by Gasteiger charge is -2.14. The molecule has 0 aliphatic rings. The Morgan fingerprint density at radius 1 is 1.08 bits per heavy atom. The van der Waals surface area contributed by atoms with Crippen molar-refractivity contribution in [3.8, 4) is 11.5 Å². The van der Waals surface area contributed by atoms with Gasteiger partial charge in [-0.15, -0.1) is 10.2 Å². The molecule has 6 nitrogen and oxygen atoms in total. The van der Waals surface area contributed by atoms with Gasteiger partial charge < -0.3 is 14.6 Å². The quantitative estimate of drug-likeness (QED) is 0.749. The fraction of sp³-hybridized carbons (Fsp3) is 0.211. The Kier molecular flexibility index (Phi) is 5.20. The molecule has 1 aromatic heterocycles. The van der Waals surface area contributed by atoms with Crippen molar-refractivity contribution in [2.24, 2.45) is 0 Å². The number of carbonyl (C=O) groups excluding carboxylic acids is 1. The number of nitrogens with one attached hydrogen (secondary N) is 1. The average Bonchev–Trinajstić information content (AvgIpc) is 3.15. The Hall–Kier alpha value is -2.99. The van der Waals surface area contributed by atoms with Crippen LogP contribution in [-0.4, -0.2) is 35.1 Å². The predicted octanol–water partition coefficient (Wildman–Crippen LogP) is 2.73. The van der Waals surface area contributed by atoms with Crippen molar-refractivity contribution >= 4 is 5.91 Å². The molecule has 0 unspecified atom stereocenters. The van der Waals surface area contributed by atoms with Crippen LogP contribution in [0.2, 0.25) is 0 Å². The standard InChI is InChI=1S/C19H20N4O2/c1-23(2)12-17-6-4-3-5-16(17)11-20-18(24)14-7-9-15(10-8-14)19-22-21-13-25-19/h3-10,13H,11-12H2,1-2H3,(H,20,24). The van der Waals surface area contributed by atoms with Gasteiger partial charge in [-0.25, -0.2) is 0 Å². The van der Waals surface area contributed by atoms with Crippen molar-refractivity contribution in [2.45, 2.75) is 13.1 Å². The molecule has 1 N–H and O–H groups in total. The summed E-state index contributed by atoms with van der Waals surface area (Å²) in [7, 11) is 4.06. The topological polar surface area (TPSA) is 71.3 Å². The highest BCUT2D eigenvalue weighted by Gasteiger charge is 2.09. The molecular formula is C19H20N4O2. The minimum Gasteiger partial charge on any atom is -0.423 e. The first-order valence-electron chi connectivity index (χ1n) is 8.00. The van der Waals surface area contributed by atoms with Crippen LogP contribution in [0.25, 0.3) is 11.5 Å². The first kappa shape index (κ1) is 16.9. The third kappa shape index (κ3) is 4.30. The maximum atomic E-state index is 12.4. The minimum absolute atomic E-state index is 0.114. The van der Waals surface area contributed by atoms with E-state index in [1.807, 2.05) is 32.3 Å². The number of aromatic nitrogens is 2. The predicted molar refractivity (Wildman–Crippen MR) is 94.7 cm³/mol. The average molecular weight is 336 g/mol. The molecule has 3 rings (SSSR count). The van der Waals surface area contributed by atoms with E-state index in [1.54, 1.807) is 24.3 Å². The SMILES string of the molecule is CN(C)Cc1ccccc1CNC(=O)c1ccc(-c2nnco2)cc1. The number of carbonyl (C=O) groups is 1. The van der Waals surface area contributed by atoms with Crippen molar-refractivity contribution in [2.75, 3.05) is 14.1 Å². The van der Waals surface area contributed by atoms with Crippen LogP contribution in [0.4, 0.5) is 0 Å². The number of rotatable bonds is 6. The van der Waals surface area contributed by atoms with E-state index >= 15 is 0 Å². The van der Waals surface area contributed by atoms with Crippen molar-refractivity contribution in [1.29, 1.82) is 0 Å². The van der Waals surface area contributed by atoms with Crippen LogP contribution in [-0.2, 0) is 13.1 Å². The molecule has 128 valence electrons. The Bertz CT molecular complexity index is 827. The second kappa shape index (κ2) is 7.72. The zero-order valence-corrected chi connectivity index (χ0v) is 14.3. The van der Waals surface area contributed by atoms with Crippen molar-refractivity contribution < 1.29 is 9.21 Å². The van der Waals surface area contributed by atoms with Crippen LogP contribution >= 0.6 is 0 Å². The summed E-state index contributed by atoms with van der Waals surface area (Å²) >= 11 is 0. The number of nitrogens with zero attached hydrogens (tertiary/aromatic N) is 3. The van der Waals surface area contributed by atoms with Gasteiger partial charge in [-0.1, -0.05) is 24.3 Å². The molecule has 3 aromatic rings. The van der Waals surface area contributed by atoms with E-state index in [4.69, 9.17) is 4.42 Å². The van der Waals surface area contributed by atoms with Gasteiger partial charge in [-0.3, -0.25) is 4.79 Å². The molecule has 0 radical (unpaired) electrons. The summed E-state index contributed by atoms with van der Waals surface area (Å²) in [5, 5.41) is 10.5. The second-order valence-corrected chi connectivity index (χ2v) is 6.01. The summed E-state index contributed by atoms with van der Waals surface area (Å²) in [6.45, 7) is 1.33. The van der Waals surface area contributed by atoms with Gasteiger partial charge in [0.25, 0.3) is 5.91 Å². The van der Waals surface area contributed by atoms with Crippen molar-refractivity contribution in [1.82, 2.24) is 20.4 Å². The molecule has 1 heterocycles. The number of amides is 1. The Balaban J connectivity index is 1.65. The minimum atomic E-state index is -0.114. The molecule has 25 heavy (non-hydrogen) atoms. The Labute approximate surface area is 146 Å².